The van der Waals surface area contributed by atoms with Crippen molar-refractivity contribution in [2.75, 3.05) is 14.1 Å². The summed E-state index contributed by atoms with van der Waals surface area (Å²) >= 11 is 0. The minimum Gasteiger partial charge on any atom is -0.457 e. The Morgan fingerprint density at radius 2 is 1.39 bits per heavy atom. The number of rotatable bonds is 6. The summed E-state index contributed by atoms with van der Waals surface area (Å²) in [5, 5.41) is 0. The molecule has 0 fully saturated rings. The molecule has 28 heavy (non-hydrogen) atoms. The summed E-state index contributed by atoms with van der Waals surface area (Å²) in [4.78, 5) is 26.7. The molecule has 0 spiro atoms. The van der Waals surface area contributed by atoms with Gasteiger partial charge in [-0.15, -0.1) is 0 Å². The zero-order valence-corrected chi connectivity index (χ0v) is 15.7. The zero-order valence-electron chi connectivity index (χ0n) is 15.7. The van der Waals surface area contributed by atoms with Crippen molar-refractivity contribution in [1.82, 2.24) is 4.90 Å². The summed E-state index contributed by atoms with van der Waals surface area (Å²) in [5.74, 6) is 0.271. The molecule has 0 unspecified atom stereocenters. The van der Waals surface area contributed by atoms with Crippen LogP contribution in [0.3, 0.4) is 0 Å². The van der Waals surface area contributed by atoms with E-state index in [4.69, 9.17) is 9.47 Å². The summed E-state index contributed by atoms with van der Waals surface area (Å²) in [6.45, 7) is 0. The smallest absolute Gasteiger partial charge is 0.339 e. The van der Waals surface area contributed by atoms with Gasteiger partial charge in [-0.05, 0) is 30.3 Å². The maximum Gasteiger partial charge on any atom is 0.339 e. The van der Waals surface area contributed by atoms with E-state index in [0.29, 0.717) is 22.6 Å². The molecule has 3 aromatic carbocycles. The van der Waals surface area contributed by atoms with E-state index < -0.39 is 12.1 Å². The number of benzene rings is 3. The van der Waals surface area contributed by atoms with Gasteiger partial charge in [-0.1, -0.05) is 54.6 Å². The van der Waals surface area contributed by atoms with Crippen LogP contribution >= 0.6 is 0 Å². The van der Waals surface area contributed by atoms with Gasteiger partial charge in [0.05, 0.1) is 5.56 Å². The van der Waals surface area contributed by atoms with Crippen LogP contribution in [0.25, 0.3) is 0 Å². The normalized spacial score (nSPS) is 11.4. The van der Waals surface area contributed by atoms with Crippen molar-refractivity contribution in [3.8, 4) is 11.5 Å². The number of carbonyl (C=O) groups is 2. The summed E-state index contributed by atoms with van der Waals surface area (Å²) in [6.07, 6.45) is -1.01. The van der Waals surface area contributed by atoms with Gasteiger partial charge in [0.2, 0.25) is 6.10 Å². The van der Waals surface area contributed by atoms with Crippen molar-refractivity contribution < 1.29 is 19.1 Å². The first-order chi connectivity index (χ1) is 13.5. The van der Waals surface area contributed by atoms with Crippen LogP contribution in [0.2, 0.25) is 0 Å². The van der Waals surface area contributed by atoms with Gasteiger partial charge >= 0.3 is 5.97 Å². The van der Waals surface area contributed by atoms with Gasteiger partial charge in [0.1, 0.15) is 11.5 Å². The molecule has 0 aromatic heterocycles. The molecule has 0 aliphatic rings. The van der Waals surface area contributed by atoms with Gasteiger partial charge in [0.15, 0.2) is 0 Å². The van der Waals surface area contributed by atoms with E-state index in [1.165, 1.54) is 4.90 Å². The van der Waals surface area contributed by atoms with Crippen LogP contribution in [-0.4, -0.2) is 30.9 Å². The first-order valence-electron chi connectivity index (χ1n) is 8.84. The van der Waals surface area contributed by atoms with Gasteiger partial charge < -0.3 is 14.4 Å². The predicted molar refractivity (Wildman–Crippen MR) is 106 cm³/mol. The third-order valence-corrected chi connectivity index (χ3v) is 4.04. The van der Waals surface area contributed by atoms with Crippen LogP contribution in [0.1, 0.15) is 22.0 Å². The van der Waals surface area contributed by atoms with Crippen LogP contribution < -0.4 is 4.74 Å². The average Bonchev–Trinajstić information content (AvgIpc) is 2.73. The maximum atomic E-state index is 12.7. The number of likely N-dealkylation sites (N-methyl/N-ethyl adjacent to an activating group) is 1. The number of esters is 1. The zero-order chi connectivity index (χ0) is 19.9. The quantitative estimate of drug-likeness (QED) is 0.597. The second-order valence-corrected chi connectivity index (χ2v) is 6.37. The van der Waals surface area contributed by atoms with Gasteiger partial charge in [-0.3, -0.25) is 4.79 Å². The number of ether oxygens (including phenoxy) is 2. The molecule has 1 atom stereocenters. The summed E-state index contributed by atoms with van der Waals surface area (Å²) in [5.41, 5.74) is 0.923. The Morgan fingerprint density at radius 1 is 0.786 bits per heavy atom. The molecule has 0 bridgehead atoms. The summed E-state index contributed by atoms with van der Waals surface area (Å²) in [6, 6.07) is 24.9. The number of para-hydroxylation sites is 1. The average molecular weight is 375 g/mol. The standard InChI is InChI=1S/C23H21NO4/c1-24(2)22(25)21(17-10-5-3-6-11-17)28-23(26)18-12-9-15-20(16-18)27-19-13-7-4-8-14-19/h3-16,21H,1-2H3/t21-/m1/s1. The molecule has 0 aliphatic heterocycles. The van der Waals surface area contributed by atoms with Crippen LogP contribution in [0.15, 0.2) is 84.9 Å². The molecular formula is C23H21NO4. The Balaban J connectivity index is 1.80. The van der Waals surface area contributed by atoms with E-state index in [1.54, 1.807) is 62.6 Å². The van der Waals surface area contributed by atoms with Gasteiger partial charge in [0, 0.05) is 19.7 Å². The van der Waals surface area contributed by atoms with Crippen molar-refractivity contribution in [2.45, 2.75) is 6.10 Å². The lowest BCUT2D eigenvalue weighted by atomic mass is 10.1. The molecule has 0 aliphatic carbocycles. The first kappa shape index (κ1) is 19.2. The molecule has 0 N–H and O–H groups in total. The van der Waals surface area contributed by atoms with Crippen molar-refractivity contribution in [3.05, 3.63) is 96.1 Å². The molecule has 1 amide bonds. The van der Waals surface area contributed by atoms with E-state index in [-0.39, 0.29) is 5.91 Å². The Hall–Kier alpha value is -3.60. The first-order valence-corrected chi connectivity index (χ1v) is 8.84. The van der Waals surface area contributed by atoms with E-state index >= 15 is 0 Å². The molecule has 0 saturated carbocycles. The fraction of sp³-hybridized carbons (Fsp3) is 0.130. The minimum atomic E-state index is -1.01. The highest BCUT2D eigenvalue weighted by Gasteiger charge is 2.27. The molecule has 3 rings (SSSR count). The van der Waals surface area contributed by atoms with Crippen LogP contribution in [0.4, 0.5) is 0 Å². The number of amides is 1. The highest BCUT2D eigenvalue weighted by atomic mass is 16.5. The van der Waals surface area contributed by atoms with Crippen LogP contribution in [-0.2, 0) is 9.53 Å². The van der Waals surface area contributed by atoms with Crippen molar-refractivity contribution >= 4 is 11.9 Å². The molecule has 0 saturated heterocycles. The third kappa shape index (κ3) is 4.76. The molecule has 5 heteroatoms. The van der Waals surface area contributed by atoms with E-state index in [9.17, 15) is 9.59 Å². The second kappa shape index (κ2) is 8.86. The molecule has 5 nitrogen and oxygen atoms in total. The summed E-state index contributed by atoms with van der Waals surface area (Å²) in [7, 11) is 3.25. The predicted octanol–water partition coefficient (Wildman–Crippen LogP) is 4.47. The lowest BCUT2D eigenvalue weighted by Crippen LogP contribution is -2.31. The van der Waals surface area contributed by atoms with Crippen molar-refractivity contribution in [2.24, 2.45) is 0 Å². The third-order valence-electron chi connectivity index (χ3n) is 4.04. The molecule has 3 aromatic rings. The fourth-order valence-electron chi connectivity index (χ4n) is 2.61. The van der Waals surface area contributed by atoms with Crippen molar-refractivity contribution in [1.29, 1.82) is 0 Å². The summed E-state index contributed by atoms with van der Waals surface area (Å²) < 4.78 is 11.3. The highest BCUT2D eigenvalue weighted by Crippen LogP contribution is 2.25. The SMILES string of the molecule is CN(C)C(=O)[C@H](OC(=O)c1cccc(Oc2ccccc2)c1)c1ccccc1. The second-order valence-electron chi connectivity index (χ2n) is 6.37. The Bertz CT molecular complexity index is 939. The molecular weight excluding hydrogens is 354 g/mol. The monoisotopic (exact) mass is 375 g/mol. The maximum absolute atomic E-state index is 12.7. The lowest BCUT2D eigenvalue weighted by Gasteiger charge is -2.21. The van der Waals surface area contributed by atoms with Crippen LogP contribution in [0, 0.1) is 0 Å². The number of hydrogen-bond acceptors (Lipinski definition) is 4. The highest BCUT2D eigenvalue weighted by molar-refractivity contribution is 5.93. The fourth-order valence-corrected chi connectivity index (χ4v) is 2.61. The molecule has 0 radical (unpaired) electrons. The van der Waals surface area contributed by atoms with Gasteiger partial charge in [-0.25, -0.2) is 4.79 Å². The lowest BCUT2D eigenvalue weighted by molar-refractivity contribution is -0.138. The minimum absolute atomic E-state index is 0.306. The van der Waals surface area contributed by atoms with E-state index in [2.05, 4.69) is 0 Å². The molecule has 0 heterocycles. The number of hydrogen-bond donors (Lipinski definition) is 0. The van der Waals surface area contributed by atoms with Gasteiger partial charge in [-0.2, -0.15) is 0 Å². The van der Waals surface area contributed by atoms with Crippen LogP contribution in [0.5, 0.6) is 11.5 Å². The Morgan fingerprint density at radius 3 is 2.04 bits per heavy atom. The number of carbonyl (C=O) groups excluding carboxylic acids is 2. The van der Waals surface area contributed by atoms with E-state index in [1.807, 2.05) is 36.4 Å². The largest absolute Gasteiger partial charge is 0.457 e. The number of nitrogens with zero attached hydrogens (tertiary/aromatic N) is 1. The van der Waals surface area contributed by atoms with Crippen molar-refractivity contribution in [3.63, 3.8) is 0 Å². The van der Waals surface area contributed by atoms with E-state index in [0.717, 1.165) is 0 Å². The molecule has 142 valence electrons. The van der Waals surface area contributed by atoms with Gasteiger partial charge in [0.25, 0.3) is 5.91 Å². The Kier molecular flexibility index (Phi) is 6.07. The topological polar surface area (TPSA) is 55.8 Å². The Labute approximate surface area is 164 Å².